The van der Waals surface area contributed by atoms with Crippen LogP contribution in [-0.4, -0.2) is 20.5 Å². The third kappa shape index (κ3) is 2.87. The molecule has 0 aliphatic rings. The number of H-pyrrole nitrogens is 1. The third-order valence-electron chi connectivity index (χ3n) is 3.02. The summed E-state index contributed by atoms with van der Waals surface area (Å²) in [7, 11) is 0. The fourth-order valence-electron chi connectivity index (χ4n) is 1.97. The summed E-state index contributed by atoms with van der Waals surface area (Å²) in [6, 6.07) is 10.9. The lowest BCUT2D eigenvalue weighted by atomic mass is 10.2. The first-order valence-electron chi connectivity index (χ1n) is 6.23. The number of nitrogens with one attached hydrogen (secondary N) is 2. The van der Waals surface area contributed by atoms with Gasteiger partial charge in [-0.1, -0.05) is 28.1 Å². The van der Waals surface area contributed by atoms with Crippen LogP contribution in [0, 0.1) is 0 Å². The minimum atomic E-state index is -0.369. The van der Waals surface area contributed by atoms with Gasteiger partial charge in [-0.25, -0.2) is 14.3 Å². The first-order chi connectivity index (χ1) is 10.1. The molecule has 0 saturated heterocycles. The number of benzene rings is 1. The van der Waals surface area contributed by atoms with E-state index in [0.29, 0.717) is 17.8 Å². The van der Waals surface area contributed by atoms with Crippen LogP contribution in [0.25, 0.3) is 5.65 Å². The zero-order valence-electron chi connectivity index (χ0n) is 10.8. The molecule has 21 heavy (non-hydrogen) atoms. The molecular formula is C14H11BrN4O2. The number of halogens is 1. The lowest BCUT2D eigenvalue weighted by molar-refractivity contribution is 0.0950. The molecule has 0 saturated carbocycles. The fourth-order valence-corrected chi connectivity index (χ4v) is 2.42. The van der Waals surface area contributed by atoms with Crippen molar-refractivity contribution in [2.45, 2.75) is 6.54 Å². The van der Waals surface area contributed by atoms with Crippen LogP contribution in [0.5, 0.6) is 0 Å². The number of hydrogen-bond donors (Lipinski definition) is 2. The van der Waals surface area contributed by atoms with Gasteiger partial charge in [0.1, 0.15) is 0 Å². The van der Waals surface area contributed by atoms with Crippen molar-refractivity contribution in [2.24, 2.45) is 0 Å². The van der Waals surface area contributed by atoms with Crippen molar-refractivity contribution in [1.29, 1.82) is 0 Å². The molecule has 2 aromatic heterocycles. The van der Waals surface area contributed by atoms with Gasteiger partial charge in [-0.15, -0.1) is 0 Å². The second-order valence-corrected chi connectivity index (χ2v) is 5.40. The summed E-state index contributed by atoms with van der Waals surface area (Å²) in [5.41, 5.74) is 1.50. The Kier molecular flexibility index (Phi) is 3.57. The molecule has 106 valence electrons. The maximum Gasteiger partial charge on any atom is 0.347 e. The molecule has 3 rings (SSSR count). The van der Waals surface area contributed by atoms with E-state index in [4.69, 9.17) is 0 Å². The number of aromatic nitrogens is 3. The summed E-state index contributed by atoms with van der Waals surface area (Å²) in [5.74, 6) is -0.245. The summed E-state index contributed by atoms with van der Waals surface area (Å²) in [6.45, 7) is 0.413. The van der Waals surface area contributed by atoms with Gasteiger partial charge in [-0.05, 0) is 29.8 Å². The van der Waals surface area contributed by atoms with Gasteiger partial charge in [0.25, 0.3) is 5.91 Å². The second-order valence-electron chi connectivity index (χ2n) is 4.49. The van der Waals surface area contributed by atoms with Gasteiger partial charge in [-0.3, -0.25) is 4.79 Å². The van der Waals surface area contributed by atoms with E-state index < -0.39 is 0 Å². The summed E-state index contributed by atoms with van der Waals surface area (Å²) < 4.78 is 2.26. The van der Waals surface area contributed by atoms with Gasteiger partial charge in [0, 0.05) is 17.2 Å². The van der Waals surface area contributed by atoms with Crippen molar-refractivity contribution in [3.63, 3.8) is 0 Å². The molecule has 0 unspecified atom stereocenters. The largest absolute Gasteiger partial charge is 0.348 e. The monoisotopic (exact) mass is 346 g/mol. The van der Waals surface area contributed by atoms with E-state index in [1.54, 1.807) is 12.1 Å². The molecule has 0 bridgehead atoms. The number of rotatable bonds is 3. The van der Waals surface area contributed by atoms with Crippen LogP contribution in [-0.2, 0) is 6.54 Å². The van der Waals surface area contributed by atoms with Crippen LogP contribution < -0.4 is 11.0 Å². The molecule has 1 amide bonds. The van der Waals surface area contributed by atoms with Crippen LogP contribution in [0.1, 0.15) is 15.9 Å². The van der Waals surface area contributed by atoms with Gasteiger partial charge in [0.2, 0.25) is 0 Å². The topological polar surface area (TPSA) is 79.3 Å². The van der Waals surface area contributed by atoms with Gasteiger partial charge in [-0.2, -0.15) is 5.10 Å². The van der Waals surface area contributed by atoms with Crippen molar-refractivity contribution in [3.05, 3.63) is 68.7 Å². The first kappa shape index (κ1) is 13.6. The fraction of sp³-hybridized carbons (Fsp3) is 0.0714. The Bertz CT molecular complexity index is 869. The Balaban J connectivity index is 1.77. The molecule has 3 aromatic rings. The Hall–Kier alpha value is -2.41. The Morgan fingerprint density at radius 3 is 3.00 bits per heavy atom. The second kappa shape index (κ2) is 5.53. The Morgan fingerprint density at radius 2 is 2.19 bits per heavy atom. The number of hydrogen-bond acceptors (Lipinski definition) is 3. The van der Waals surface area contributed by atoms with Crippen molar-refractivity contribution in [2.75, 3.05) is 0 Å². The quantitative estimate of drug-likeness (QED) is 0.757. The van der Waals surface area contributed by atoms with E-state index in [0.717, 1.165) is 10.0 Å². The molecule has 0 aliphatic carbocycles. The lowest BCUT2D eigenvalue weighted by Gasteiger charge is -2.06. The molecule has 6 nitrogen and oxygen atoms in total. The number of pyridine rings is 1. The highest BCUT2D eigenvalue weighted by molar-refractivity contribution is 9.10. The summed E-state index contributed by atoms with van der Waals surface area (Å²) in [5, 5.41) is 8.95. The van der Waals surface area contributed by atoms with Crippen molar-refractivity contribution < 1.29 is 4.79 Å². The first-order valence-corrected chi connectivity index (χ1v) is 7.02. The Labute approximate surface area is 127 Å². The number of amides is 1. The highest BCUT2D eigenvalue weighted by Gasteiger charge is 2.08. The SMILES string of the molecule is O=C(NCc1cccc(Br)c1)c1ccc2n[nH]c(=O)n2c1. The molecule has 2 heterocycles. The van der Waals surface area contributed by atoms with Gasteiger partial charge in [0.15, 0.2) is 5.65 Å². The van der Waals surface area contributed by atoms with Crippen LogP contribution in [0.4, 0.5) is 0 Å². The summed E-state index contributed by atoms with van der Waals surface area (Å²) in [4.78, 5) is 23.6. The van der Waals surface area contributed by atoms with E-state index in [9.17, 15) is 9.59 Å². The predicted octanol–water partition coefficient (Wildman–Crippen LogP) is 1.72. The lowest BCUT2D eigenvalue weighted by Crippen LogP contribution is -2.23. The van der Waals surface area contributed by atoms with E-state index in [1.807, 2.05) is 24.3 Å². The number of carbonyl (C=O) groups excluding carboxylic acids is 1. The zero-order valence-corrected chi connectivity index (χ0v) is 12.4. The minimum absolute atomic E-state index is 0.245. The average Bonchev–Trinajstić information content (AvgIpc) is 2.86. The molecule has 2 N–H and O–H groups in total. The highest BCUT2D eigenvalue weighted by atomic mass is 79.9. The number of nitrogens with zero attached hydrogens (tertiary/aromatic N) is 2. The number of fused-ring (bicyclic) bond motifs is 1. The molecule has 1 aromatic carbocycles. The standard InChI is InChI=1S/C14H11BrN4O2/c15-11-3-1-2-9(6-11)7-16-13(20)10-4-5-12-17-18-14(21)19(12)8-10/h1-6,8H,7H2,(H,16,20)(H,18,21). The van der Waals surface area contributed by atoms with Crippen LogP contribution in [0.2, 0.25) is 0 Å². The smallest absolute Gasteiger partial charge is 0.347 e. The Morgan fingerprint density at radius 1 is 1.33 bits per heavy atom. The average molecular weight is 347 g/mol. The van der Waals surface area contributed by atoms with Crippen LogP contribution in [0.3, 0.4) is 0 Å². The van der Waals surface area contributed by atoms with Crippen LogP contribution >= 0.6 is 15.9 Å². The summed E-state index contributed by atoms with van der Waals surface area (Å²) >= 11 is 3.38. The van der Waals surface area contributed by atoms with Crippen molar-refractivity contribution >= 4 is 27.5 Å². The van der Waals surface area contributed by atoms with Gasteiger partial charge in [0.05, 0.1) is 5.56 Å². The van der Waals surface area contributed by atoms with E-state index in [1.165, 1.54) is 10.6 Å². The van der Waals surface area contributed by atoms with E-state index in [-0.39, 0.29) is 11.6 Å². The third-order valence-corrected chi connectivity index (χ3v) is 3.51. The zero-order chi connectivity index (χ0) is 14.8. The number of carbonyl (C=O) groups is 1. The minimum Gasteiger partial charge on any atom is -0.348 e. The highest BCUT2D eigenvalue weighted by Crippen LogP contribution is 2.11. The molecule has 0 fully saturated rings. The molecule has 0 atom stereocenters. The van der Waals surface area contributed by atoms with E-state index in [2.05, 4.69) is 31.4 Å². The summed E-state index contributed by atoms with van der Waals surface area (Å²) in [6.07, 6.45) is 1.47. The number of aromatic amines is 1. The molecule has 0 spiro atoms. The predicted molar refractivity (Wildman–Crippen MR) is 81.1 cm³/mol. The maximum absolute atomic E-state index is 12.1. The normalized spacial score (nSPS) is 10.7. The van der Waals surface area contributed by atoms with Crippen LogP contribution in [0.15, 0.2) is 51.9 Å². The maximum atomic E-state index is 12.1. The van der Waals surface area contributed by atoms with Crippen molar-refractivity contribution in [1.82, 2.24) is 19.9 Å². The van der Waals surface area contributed by atoms with Crippen molar-refractivity contribution in [3.8, 4) is 0 Å². The molecule has 0 radical (unpaired) electrons. The van der Waals surface area contributed by atoms with Gasteiger partial charge < -0.3 is 5.32 Å². The molecule has 0 aliphatic heterocycles. The van der Waals surface area contributed by atoms with Gasteiger partial charge >= 0.3 is 5.69 Å². The van der Waals surface area contributed by atoms with E-state index >= 15 is 0 Å². The molecular weight excluding hydrogens is 336 g/mol. The molecule has 7 heteroatoms.